The second-order valence-corrected chi connectivity index (χ2v) is 8.74. The molecule has 0 aromatic heterocycles. The van der Waals surface area contributed by atoms with Gasteiger partial charge in [-0.3, -0.25) is 4.79 Å². The number of hydrogen-bond donors (Lipinski definition) is 1. The Labute approximate surface area is 170 Å². The lowest BCUT2D eigenvalue weighted by molar-refractivity contribution is 0.0634. The van der Waals surface area contributed by atoms with Crippen LogP contribution in [0.1, 0.15) is 22.0 Å². The van der Waals surface area contributed by atoms with Gasteiger partial charge >= 0.3 is 0 Å². The highest BCUT2D eigenvalue weighted by molar-refractivity contribution is 7.89. The summed E-state index contributed by atoms with van der Waals surface area (Å²) >= 11 is 0. The standard InChI is InChI=1S/C19H22FN3O3S.ClH/c1-22(2)27(25,26)17-8-6-14(7-9-17)19(24)23-11-10-21-13-18(23)15-4-3-5-16(20)12-15;/h3-9,12,18,21H,10-11,13H2,1-2H3;1H. The minimum absolute atomic E-state index is 0. The van der Waals surface area contributed by atoms with Crippen LogP contribution in [0.25, 0.3) is 0 Å². The molecule has 1 amide bonds. The highest BCUT2D eigenvalue weighted by atomic mass is 35.5. The first-order valence-corrected chi connectivity index (χ1v) is 10.0. The highest BCUT2D eigenvalue weighted by Crippen LogP contribution is 2.25. The number of amides is 1. The quantitative estimate of drug-likeness (QED) is 0.812. The number of sulfonamides is 1. The van der Waals surface area contributed by atoms with Gasteiger partial charge in [0.1, 0.15) is 5.82 Å². The number of nitrogens with zero attached hydrogens (tertiary/aromatic N) is 2. The Balaban J connectivity index is 0.00000280. The monoisotopic (exact) mass is 427 g/mol. The van der Waals surface area contributed by atoms with E-state index >= 15 is 0 Å². The Morgan fingerprint density at radius 1 is 1.18 bits per heavy atom. The zero-order valence-electron chi connectivity index (χ0n) is 15.6. The van der Waals surface area contributed by atoms with Crippen LogP contribution in [-0.2, 0) is 10.0 Å². The molecule has 28 heavy (non-hydrogen) atoms. The van der Waals surface area contributed by atoms with Crippen molar-refractivity contribution in [3.8, 4) is 0 Å². The van der Waals surface area contributed by atoms with Gasteiger partial charge in [0, 0.05) is 39.3 Å². The fourth-order valence-corrected chi connectivity index (χ4v) is 4.01. The summed E-state index contributed by atoms with van der Waals surface area (Å²) in [6.07, 6.45) is 0. The first-order chi connectivity index (χ1) is 12.8. The zero-order chi connectivity index (χ0) is 19.6. The van der Waals surface area contributed by atoms with Crippen molar-refractivity contribution in [2.75, 3.05) is 33.7 Å². The summed E-state index contributed by atoms with van der Waals surface area (Å²) in [5, 5.41) is 3.23. The van der Waals surface area contributed by atoms with Gasteiger partial charge in [0.25, 0.3) is 5.91 Å². The third kappa shape index (κ3) is 4.52. The number of hydrogen-bond acceptors (Lipinski definition) is 4. The molecule has 0 radical (unpaired) electrons. The van der Waals surface area contributed by atoms with Gasteiger partial charge in [-0.1, -0.05) is 12.1 Å². The third-order valence-electron chi connectivity index (χ3n) is 4.62. The third-order valence-corrected chi connectivity index (χ3v) is 6.45. The van der Waals surface area contributed by atoms with E-state index in [2.05, 4.69) is 5.32 Å². The predicted octanol–water partition coefficient (Wildman–Crippen LogP) is 2.28. The van der Waals surface area contributed by atoms with Crippen LogP contribution in [0.5, 0.6) is 0 Å². The number of halogens is 2. The molecule has 1 unspecified atom stereocenters. The van der Waals surface area contributed by atoms with Crippen LogP contribution in [-0.4, -0.2) is 57.3 Å². The number of carbonyl (C=O) groups is 1. The van der Waals surface area contributed by atoms with Crippen LogP contribution < -0.4 is 5.32 Å². The maximum atomic E-state index is 13.6. The van der Waals surface area contributed by atoms with Gasteiger partial charge < -0.3 is 10.2 Å². The maximum Gasteiger partial charge on any atom is 0.254 e. The minimum atomic E-state index is -3.55. The average Bonchev–Trinajstić information content (AvgIpc) is 2.67. The minimum Gasteiger partial charge on any atom is -0.329 e. The van der Waals surface area contributed by atoms with Gasteiger partial charge in [-0.05, 0) is 42.0 Å². The largest absolute Gasteiger partial charge is 0.329 e. The lowest BCUT2D eigenvalue weighted by Crippen LogP contribution is -2.48. The lowest BCUT2D eigenvalue weighted by Gasteiger charge is -2.36. The Hall–Kier alpha value is -2.00. The predicted molar refractivity (Wildman–Crippen MR) is 108 cm³/mol. The molecule has 6 nitrogen and oxygen atoms in total. The van der Waals surface area contributed by atoms with E-state index in [1.54, 1.807) is 17.0 Å². The van der Waals surface area contributed by atoms with E-state index in [1.165, 1.54) is 50.5 Å². The smallest absolute Gasteiger partial charge is 0.254 e. The van der Waals surface area contributed by atoms with Crippen LogP contribution in [0.4, 0.5) is 4.39 Å². The van der Waals surface area contributed by atoms with E-state index in [1.807, 2.05) is 0 Å². The van der Waals surface area contributed by atoms with Crippen LogP contribution >= 0.6 is 12.4 Å². The van der Waals surface area contributed by atoms with Crippen molar-refractivity contribution < 1.29 is 17.6 Å². The first kappa shape index (κ1) is 22.3. The molecule has 1 aliphatic heterocycles. The van der Waals surface area contributed by atoms with E-state index in [-0.39, 0.29) is 35.1 Å². The normalized spacial score (nSPS) is 17.3. The second kappa shape index (κ2) is 9.00. The molecule has 0 bridgehead atoms. The fraction of sp³-hybridized carbons (Fsp3) is 0.316. The molecule has 1 heterocycles. The maximum absolute atomic E-state index is 13.6. The molecule has 1 N–H and O–H groups in total. The molecule has 1 fully saturated rings. The summed E-state index contributed by atoms with van der Waals surface area (Å²) in [4.78, 5) is 14.8. The number of rotatable bonds is 4. The van der Waals surface area contributed by atoms with Gasteiger partial charge in [-0.15, -0.1) is 12.4 Å². The van der Waals surface area contributed by atoms with E-state index in [4.69, 9.17) is 0 Å². The van der Waals surface area contributed by atoms with E-state index in [0.717, 1.165) is 9.87 Å². The van der Waals surface area contributed by atoms with Crippen LogP contribution in [0.15, 0.2) is 53.4 Å². The van der Waals surface area contributed by atoms with Crippen molar-refractivity contribution in [3.05, 3.63) is 65.5 Å². The van der Waals surface area contributed by atoms with E-state index < -0.39 is 10.0 Å². The van der Waals surface area contributed by atoms with Crippen molar-refractivity contribution in [2.45, 2.75) is 10.9 Å². The van der Waals surface area contributed by atoms with Crippen molar-refractivity contribution in [1.82, 2.24) is 14.5 Å². The van der Waals surface area contributed by atoms with Gasteiger partial charge in [-0.2, -0.15) is 0 Å². The molecule has 3 rings (SSSR count). The van der Waals surface area contributed by atoms with Crippen LogP contribution in [0.3, 0.4) is 0 Å². The fourth-order valence-electron chi connectivity index (χ4n) is 3.11. The summed E-state index contributed by atoms with van der Waals surface area (Å²) < 4.78 is 39.1. The van der Waals surface area contributed by atoms with Gasteiger partial charge in [0.05, 0.1) is 10.9 Å². The van der Waals surface area contributed by atoms with E-state index in [9.17, 15) is 17.6 Å². The molecule has 2 aromatic carbocycles. The van der Waals surface area contributed by atoms with Crippen molar-refractivity contribution in [1.29, 1.82) is 0 Å². The van der Waals surface area contributed by atoms with Crippen molar-refractivity contribution in [2.24, 2.45) is 0 Å². The topological polar surface area (TPSA) is 69.7 Å². The summed E-state index contributed by atoms with van der Waals surface area (Å²) in [5.74, 6) is -0.553. The molecule has 1 saturated heterocycles. The number of benzene rings is 2. The molecular formula is C19H23ClFN3O3S. The Bertz CT molecular complexity index is 936. The first-order valence-electron chi connectivity index (χ1n) is 8.60. The molecular weight excluding hydrogens is 405 g/mol. The molecule has 0 spiro atoms. The van der Waals surface area contributed by atoms with Crippen molar-refractivity contribution >= 4 is 28.3 Å². The Kier molecular flexibility index (Phi) is 7.16. The zero-order valence-corrected chi connectivity index (χ0v) is 17.3. The summed E-state index contributed by atoms with van der Waals surface area (Å²) in [6.45, 7) is 1.66. The van der Waals surface area contributed by atoms with Crippen LogP contribution in [0.2, 0.25) is 0 Å². The number of piperazine rings is 1. The Morgan fingerprint density at radius 2 is 1.86 bits per heavy atom. The molecule has 1 aliphatic rings. The molecule has 9 heteroatoms. The van der Waals surface area contributed by atoms with Gasteiger partial charge in [0.2, 0.25) is 10.0 Å². The summed E-state index contributed by atoms with van der Waals surface area (Å²) in [6, 6.07) is 11.8. The van der Waals surface area contributed by atoms with Crippen molar-refractivity contribution in [3.63, 3.8) is 0 Å². The van der Waals surface area contributed by atoms with E-state index in [0.29, 0.717) is 25.2 Å². The van der Waals surface area contributed by atoms with Crippen LogP contribution in [0, 0.1) is 5.82 Å². The van der Waals surface area contributed by atoms with Gasteiger partial charge in [0.15, 0.2) is 0 Å². The molecule has 152 valence electrons. The molecule has 2 aromatic rings. The summed E-state index contributed by atoms with van der Waals surface area (Å²) in [7, 11) is -0.632. The summed E-state index contributed by atoms with van der Waals surface area (Å²) in [5.41, 5.74) is 1.12. The van der Waals surface area contributed by atoms with Gasteiger partial charge in [-0.25, -0.2) is 17.1 Å². The average molecular weight is 428 g/mol. The number of carbonyl (C=O) groups excluding carboxylic acids is 1. The number of nitrogens with one attached hydrogen (secondary N) is 1. The second-order valence-electron chi connectivity index (χ2n) is 6.59. The Morgan fingerprint density at radius 3 is 2.46 bits per heavy atom. The molecule has 1 atom stereocenters. The SMILES string of the molecule is CN(C)S(=O)(=O)c1ccc(C(=O)N2CCNCC2c2cccc(F)c2)cc1.Cl. The highest BCUT2D eigenvalue weighted by Gasteiger charge is 2.29. The molecule has 0 aliphatic carbocycles. The molecule has 0 saturated carbocycles. The lowest BCUT2D eigenvalue weighted by atomic mass is 10.0.